The van der Waals surface area contributed by atoms with E-state index in [1.807, 2.05) is 0 Å². The predicted molar refractivity (Wildman–Crippen MR) is 177 cm³/mol. The molecule has 0 heterocycles. The number of phosphoric ester groups is 1. The third kappa shape index (κ3) is 31.0. The van der Waals surface area contributed by atoms with E-state index < -0.39 is 26.6 Å². The highest BCUT2D eigenvalue weighted by Gasteiger charge is 2.25. The molecule has 8 heteroatoms. The Labute approximate surface area is 260 Å². The summed E-state index contributed by atoms with van der Waals surface area (Å²) in [5.41, 5.74) is 0. The Morgan fingerprint density at radius 3 is 1.29 bits per heavy atom. The van der Waals surface area contributed by atoms with Gasteiger partial charge < -0.3 is 20.2 Å². The molecule has 0 spiro atoms. The molecule has 0 saturated carbocycles. The van der Waals surface area contributed by atoms with Gasteiger partial charge in [-0.1, -0.05) is 174 Å². The van der Waals surface area contributed by atoms with Gasteiger partial charge in [-0.25, -0.2) is 4.57 Å². The van der Waals surface area contributed by atoms with Gasteiger partial charge in [0.1, 0.15) is 0 Å². The molecule has 42 heavy (non-hydrogen) atoms. The summed E-state index contributed by atoms with van der Waals surface area (Å²) in [7, 11) is -4.67. The Morgan fingerprint density at radius 2 is 0.929 bits per heavy atom. The minimum absolute atomic E-state index is 0.196. The van der Waals surface area contributed by atoms with Gasteiger partial charge in [-0.05, 0) is 12.8 Å². The highest BCUT2D eigenvalue weighted by molar-refractivity contribution is 7.46. The second-order valence-corrected chi connectivity index (χ2v) is 13.8. The van der Waals surface area contributed by atoms with Crippen molar-refractivity contribution < 1.29 is 28.8 Å². The molecule has 0 aliphatic heterocycles. The molecule has 0 aromatic heterocycles. The molecule has 0 unspecified atom stereocenters. The van der Waals surface area contributed by atoms with Gasteiger partial charge in [-0.15, -0.1) is 0 Å². The van der Waals surface area contributed by atoms with E-state index in [-0.39, 0.29) is 5.91 Å². The highest BCUT2D eigenvalue weighted by atomic mass is 31.2. The van der Waals surface area contributed by atoms with E-state index in [2.05, 4.69) is 23.7 Å². The molecule has 2 atom stereocenters. The third-order valence-corrected chi connectivity index (χ3v) is 8.83. The van der Waals surface area contributed by atoms with Gasteiger partial charge in [0.15, 0.2) is 0 Å². The van der Waals surface area contributed by atoms with Crippen LogP contribution in [0.2, 0.25) is 0 Å². The first-order valence-electron chi connectivity index (χ1n) is 18.0. The number of carbonyl (C=O) groups is 1. The molecular weight excluding hydrogens is 549 g/mol. The van der Waals surface area contributed by atoms with Crippen molar-refractivity contribution in [3.63, 3.8) is 0 Å². The molecule has 0 radical (unpaired) electrons. The summed E-state index contributed by atoms with van der Waals surface area (Å²) in [5, 5.41) is 13.4. The number of rotatable bonds is 33. The van der Waals surface area contributed by atoms with Gasteiger partial charge in [-0.2, -0.15) is 0 Å². The highest BCUT2D eigenvalue weighted by Crippen LogP contribution is 2.36. The van der Waals surface area contributed by atoms with Crippen molar-refractivity contribution >= 4 is 13.7 Å². The molecule has 0 rings (SSSR count). The summed E-state index contributed by atoms with van der Waals surface area (Å²) < 4.78 is 15.8. The number of aliphatic hydroxyl groups is 1. The van der Waals surface area contributed by atoms with Gasteiger partial charge in [0, 0.05) is 6.42 Å². The van der Waals surface area contributed by atoms with Crippen molar-refractivity contribution in [2.45, 2.75) is 206 Å². The Morgan fingerprint density at radius 1 is 0.595 bits per heavy atom. The summed E-state index contributed by atoms with van der Waals surface area (Å²) >= 11 is 0. The molecule has 252 valence electrons. The average Bonchev–Trinajstić information content (AvgIpc) is 2.95. The summed E-state index contributed by atoms with van der Waals surface area (Å²) in [4.78, 5) is 30.7. The second kappa shape index (κ2) is 30.6. The quantitative estimate of drug-likeness (QED) is 0.0429. The van der Waals surface area contributed by atoms with Crippen molar-refractivity contribution in [3.8, 4) is 0 Å². The average molecular weight is 620 g/mol. The van der Waals surface area contributed by atoms with Crippen LogP contribution in [0.3, 0.4) is 0 Å². The Balaban J connectivity index is 3.92. The topological polar surface area (TPSA) is 116 Å². The summed E-state index contributed by atoms with van der Waals surface area (Å²) in [6.45, 7) is 4.09. The Bertz CT molecular complexity index is 629. The van der Waals surface area contributed by atoms with E-state index in [0.29, 0.717) is 12.8 Å². The largest absolute Gasteiger partial charge is 0.469 e. The van der Waals surface area contributed by atoms with Crippen LogP contribution in [0, 0.1) is 0 Å². The number of hydrogen-bond acceptors (Lipinski definition) is 4. The van der Waals surface area contributed by atoms with E-state index >= 15 is 0 Å². The third-order valence-electron chi connectivity index (χ3n) is 8.34. The first-order valence-corrected chi connectivity index (χ1v) is 19.5. The predicted octanol–water partition coefficient (Wildman–Crippen LogP) is 9.90. The van der Waals surface area contributed by atoms with Gasteiger partial charge in [0.05, 0.1) is 18.8 Å². The molecule has 0 saturated heterocycles. The second-order valence-electron chi connectivity index (χ2n) is 12.6. The number of phosphoric acid groups is 1. The number of aliphatic hydroxyl groups excluding tert-OH is 1. The van der Waals surface area contributed by atoms with Crippen LogP contribution < -0.4 is 5.32 Å². The van der Waals surface area contributed by atoms with Crippen LogP contribution in [-0.2, 0) is 13.9 Å². The lowest BCUT2D eigenvalue weighted by Gasteiger charge is -2.24. The van der Waals surface area contributed by atoms with Crippen molar-refractivity contribution in [2.24, 2.45) is 0 Å². The lowest BCUT2D eigenvalue weighted by Crippen LogP contribution is -2.46. The van der Waals surface area contributed by atoms with Crippen molar-refractivity contribution in [3.05, 3.63) is 0 Å². The fraction of sp³-hybridized carbons (Fsp3) is 0.971. The zero-order chi connectivity index (χ0) is 31.2. The SMILES string of the molecule is CCCCCCCCCCCCCCCCCCC[C@@H](O)[C@H](COP(=O)(O)O)NC(=O)CCCCCCCCCCC. The molecule has 0 aliphatic carbocycles. The first-order chi connectivity index (χ1) is 20.3. The van der Waals surface area contributed by atoms with Crippen LogP contribution in [0.4, 0.5) is 0 Å². The van der Waals surface area contributed by atoms with Crippen LogP contribution in [0.5, 0.6) is 0 Å². The van der Waals surface area contributed by atoms with Crippen molar-refractivity contribution in [2.75, 3.05) is 6.61 Å². The summed E-state index contributed by atoms with van der Waals surface area (Å²) in [6, 6.07) is -0.815. The van der Waals surface area contributed by atoms with Crippen molar-refractivity contribution in [1.29, 1.82) is 0 Å². The molecule has 0 aromatic carbocycles. The van der Waals surface area contributed by atoms with Crippen LogP contribution in [-0.4, -0.2) is 39.6 Å². The van der Waals surface area contributed by atoms with Crippen LogP contribution in [0.15, 0.2) is 0 Å². The number of nitrogens with one attached hydrogen (secondary N) is 1. The maximum absolute atomic E-state index is 12.5. The molecule has 0 bridgehead atoms. The van der Waals surface area contributed by atoms with Crippen LogP contribution in [0.1, 0.15) is 194 Å². The lowest BCUT2D eigenvalue weighted by atomic mass is 10.0. The van der Waals surface area contributed by atoms with E-state index in [9.17, 15) is 14.5 Å². The zero-order valence-corrected chi connectivity index (χ0v) is 28.6. The first kappa shape index (κ1) is 41.5. The number of amides is 1. The van der Waals surface area contributed by atoms with Gasteiger partial charge in [-0.3, -0.25) is 9.32 Å². The number of hydrogen-bond donors (Lipinski definition) is 4. The van der Waals surface area contributed by atoms with Crippen LogP contribution in [0.25, 0.3) is 0 Å². The van der Waals surface area contributed by atoms with Crippen LogP contribution >= 0.6 is 7.82 Å². The molecule has 0 fully saturated rings. The summed E-state index contributed by atoms with van der Waals surface area (Å²) in [5.74, 6) is -0.196. The molecule has 7 nitrogen and oxygen atoms in total. The monoisotopic (exact) mass is 619 g/mol. The Kier molecular flexibility index (Phi) is 30.2. The zero-order valence-electron chi connectivity index (χ0n) is 27.7. The van der Waals surface area contributed by atoms with E-state index in [0.717, 1.165) is 38.5 Å². The minimum Gasteiger partial charge on any atom is -0.391 e. The van der Waals surface area contributed by atoms with Gasteiger partial charge >= 0.3 is 7.82 Å². The minimum atomic E-state index is -4.67. The lowest BCUT2D eigenvalue weighted by molar-refractivity contribution is -0.123. The molecule has 0 aliphatic rings. The van der Waals surface area contributed by atoms with E-state index in [1.165, 1.54) is 128 Å². The van der Waals surface area contributed by atoms with Crippen molar-refractivity contribution in [1.82, 2.24) is 5.32 Å². The molecule has 1 amide bonds. The molecule has 4 N–H and O–H groups in total. The normalized spacial score (nSPS) is 13.4. The fourth-order valence-electron chi connectivity index (χ4n) is 5.58. The van der Waals surface area contributed by atoms with Gasteiger partial charge in [0.25, 0.3) is 0 Å². The van der Waals surface area contributed by atoms with Gasteiger partial charge in [0.2, 0.25) is 5.91 Å². The van der Waals surface area contributed by atoms with E-state index in [1.54, 1.807) is 0 Å². The number of unbranched alkanes of at least 4 members (excludes halogenated alkanes) is 24. The molecule has 0 aromatic rings. The van der Waals surface area contributed by atoms with E-state index in [4.69, 9.17) is 9.79 Å². The number of carbonyl (C=O) groups excluding carboxylic acids is 1. The smallest absolute Gasteiger partial charge is 0.391 e. The Hall–Kier alpha value is -0.460. The maximum atomic E-state index is 12.5. The molecular formula is C34H70NO6P. The fourth-order valence-corrected chi connectivity index (χ4v) is 5.94. The summed E-state index contributed by atoms with van der Waals surface area (Å²) in [6.07, 6.45) is 32.3. The maximum Gasteiger partial charge on any atom is 0.469 e. The standard InChI is InChI=1S/C34H70NO6P/c1-3-5-7-9-11-13-14-15-16-17-18-19-20-22-23-25-27-29-33(36)32(31-41-42(38,39)40)35-34(37)30-28-26-24-21-12-10-8-6-4-2/h32-33,36H,3-31H2,1-2H3,(H,35,37)(H2,38,39,40)/t32-,33+/m0/s1.